The Kier molecular flexibility index (Phi) is 5.17. The van der Waals surface area contributed by atoms with Crippen LogP contribution in [0.15, 0.2) is 30.3 Å². The number of aryl methyl sites for hydroxylation is 1. The summed E-state index contributed by atoms with van der Waals surface area (Å²) in [7, 11) is 0. The van der Waals surface area contributed by atoms with Crippen LogP contribution in [-0.2, 0) is 0 Å². The van der Waals surface area contributed by atoms with Gasteiger partial charge in [-0.05, 0) is 49.9 Å². The molecule has 1 saturated heterocycles. The highest BCUT2D eigenvalue weighted by Gasteiger charge is 2.24. The number of hydrogen-bond acceptors (Lipinski definition) is 4. The van der Waals surface area contributed by atoms with Gasteiger partial charge in [0.2, 0.25) is 0 Å². The van der Waals surface area contributed by atoms with Crippen molar-refractivity contribution in [3.63, 3.8) is 0 Å². The zero-order valence-corrected chi connectivity index (χ0v) is 14.7. The molecule has 5 heteroatoms. The second-order valence-electron chi connectivity index (χ2n) is 5.96. The zero-order chi connectivity index (χ0) is 16.4. The van der Waals surface area contributed by atoms with Crippen molar-refractivity contribution in [2.75, 3.05) is 13.1 Å². The second-order valence-corrected chi connectivity index (χ2v) is 7.65. The Morgan fingerprint density at radius 2 is 2.09 bits per heavy atom. The number of carbonyl (C=O) groups excluding carboxylic acids is 1. The largest absolute Gasteiger partial charge is 0.378 e. The molecular formula is C18H20ClNO2S. The molecule has 0 bridgehead atoms. The van der Waals surface area contributed by atoms with Gasteiger partial charge in [0, 0.05) is 26.9 Å². The quantitative estimate of drug-likeness (QED) is 0.833. The van der Waals surface area contributed by atoms with Crippen molar-refractivity contribution in [3.8, 4) is 10.4 Å². The molecule has 3 nitrogen and oxygen atoms in total. The van der Waals surface area contributed by atoms with Crippen LogP contribution < -0.4 is 0 Å². The lowest BCUT2D eigenvalue weighted by Crippen LogP contribution is -2.42. The SMILES string of the molecule is Cc1sc(-c2ccc(Cl)cc2)cc1C(=O)CN1CCCCC1O. The summed E-state index contributed by atoms with van der Waals surface area (Å²) in [5.41, 5.74) is 1.83. The van der Waals surface area contributed by atoms with Crippen LogP contribution in [-0.4, -0.2) is 35.1 Å². The Morgan fingerprint density at radius 1 is 1.35 bits per heavy atom. The standard InChI is InChI=1S/C18H20ClNO2S/c1-12-15(16(21)11-20-9-3-2-4-18(20)22)10-17(23-12)13-5-7-14(19)8-6-13/h5-8,10,18,22H,2-4,9,11H2,1H3. The average molecular weight is 350 g/mol. The van der Waals surface area contributed by atoms with Crippen LogP contribution >= 0.6 is 22.9 Å². The van der Waals surface area contributed by atoms with Gasteiger partial charge < -0.3 is 5.11 Å². The lowest BCUT2D eigenvalue weighted by Gasteiger charge is -2.31. The number of nitrogens with zero attached hydrogens (tertiary/aromatic N) is 1. The second kappa shape index (κ2) is 7.14. The van der Waals surface area contributed by atoms with Crippen LogP contribution in [0, 0.1) is 6.92 Å². The summed E-state index contributed by atoms with van der Waals surface area (Å²) < 4.78 is 0. The first-order valence-electron chi connectivity index (χ1n) is 7.86. The van der Waals surface area contributed by atoms with E-state index >= 15 is 0 Å². The van der Waals surface area contributed by atoms with Crippen molar-refractivity contribution in [3.05, 3.63) is 45.8 Å². The number of aliphatic hydroxyl groups excluding tert-OH is 1. The fourth-order valence-electron chi connectivity index (χ4n) is 2.94. The first-order chi connectivity index (χ1) is 11.0. The highest BCUT2D eigenvalue weighted by Crippen LogP contribution is 2.32. The van der Waals surface area contributed by atoms with Gasteiger partial charge in [0.15, 0.2) is 5.78 Å². The van der Waals surface area contributed by atoms with E-state index in [0.717, 1.165) is 46.7 Å². The first kappa shape index (κ1) is 16.7. The Hall–Kier alpha value is -1.20. The third-order valence-corrected chi connectivity index (χ3v) is 5.62. The molecular weight excluding hydrogens is 330 g/mol. The Bertz CT molecular complexity index is 696. The maximum atomic E-state index is 12.6. The average Bonchev–Trinajstić information content (AvgIpc) is 2.92. The Morgan fingerprint density at radius 3 is 2.78 bits per heavy atom. The fourth-order valence-corrected chi connectivity index (χ4v) is 4.11. The molecule has 1 aliphatic rings. The minimum absolute atomic E-state index is 0.0833. The summed E-state index contributed by atoms with van der Waals surface area (Å²) >= 11 is 7.55. The summed E-state index contributed by atoms with van der Waals surface area (Å²) in [6.45, 7) is 3.06. The minimum atomic E-state index is -0.484. The van der Waals surface area contributed by atoms with Crippen molar-refractivity contribution in [1.82, 2.24) is 4.90 Å². The monoisotopic (exact) mass is 349 g/mol. The predicted octanol–water partition coefficient (Wildman–Crippen LogP) is 4.36. The lowest BCUT2D eigenvalue weighted by molar-refractivity contribution is -0.0195. The van der Waals surface area contributed by atoms with Gasteiger partial charge >= 0.3 is 0 Å². The number of aliphatic hydroxyl groups is 1. The molecule has 1 N–H and O–H groups in total. The summed E-state index contributed by atoms with van der Waals surface area (Å²) in [4.78, 5) is 16.6. The number of piperidine rings is 1. The first-order valence-corrected chi connectivity index (χ1v) is 9.06. The molecule has 1 aromatic carbocycles. The molecule has 0 radical (unpaired) electrons. The van der Waals surface area contributed by atoms with E-state index in [1.807, 2.05) is 42.2 Å². The molecule has 0 amide bonds. The maximum absolute atomic E-state index is 12.6. The number of benzene rings is 1. The van der Waals surface area contributed by atoms with E-state index in [4.69, 9.17) is 11.6 Å². The molecule has 2 aromatic rings. The van der Waals surface area contributed by atoms with Gasteiger partial charge in [-0.25, -0.2) is 0 Å². The van der Waals surface area contributed by atoms with E-state index in [9.17, 15) is 9.90 Å². The van der Waals surface area contributed by atoms with Gasteiger partial charge in [-0.15, -0.1) is 11.3 Å². The van der Waals surface area contributed by atoms with E-state index in [1.54, 1.807) is 11.3 Å². The van der Waals surface area contributed by atoms with E-state index in [0.29, 0.717) is 11.6 Å². The summed E-state index contributed by atoms with van der Waals surface area (Å²) in [6, 6.07) is 9.61. The molecule has 122 valence electrons. The third-order valence-electron chi connectivity index (χ3n) is 4.27. The fraction of sp³-hybridized carbons (Fsp3) is 0.389. The predicted molar refractivity (Wildman–Crippen MR) is 95.3 cm³/mol. The number of halogens is 1. The van der Waals surface area contributed by atoms with E-state index < -0.39 is 6.23 Å². The molecule has 1 unspecified atom stereocenters. The number of ketones is 1. The van der Waals surface area contributed by atoms with Gasteiger partial charge in [0.05, 0.1) is 6.54 Å². The molecule has 1 atom stereocenters. The van der Waals surface area contributed by atoms with Crippen LogP contribution in [0.2, 0.25) is 5.02 Å². The summed E-state index contributed by atoms with van der Waals surface area (Å²) in [5.74, 6) is 0.0833. The highest BCUT2D eigenvalue weighted by molar-refractivity contribution is 7.15. The molecule has 2 heterocycles. The van der Waals surface area contributed by atoms with Crippen molar-refractivity contribution >= 4 is 28.7 Å². The van der Waals surface area contributed by atoms with Crippen LogP contribution in [0.5, 0.6) is 0 Å². The zero-order valence-electron chi connectivity index (χ0n) is 13.1. The number of rotatable bonds is 4. The number of thiophene rings is 1. The van der Waals surface area contributed by atoms with E-state index in [-0.39, 0.29) is 5.78 Å². The summed E-state index contributed by atoms with van der Waals surface area (Å²) in [6.07, 6.45) is 2.35. The van der Waals surface area contributed by atoms with Gasteiger partial charge in [-0.2, -0.15) is 0 Å². The maximum Gasteiger partial charge on any atom is 0.178 e. The van der Waals surface area contributed by atoms with Crippen molar-refractivity contribution < 1.29 is 9.90 Å². The van der Waals surface area contributed by atoms with E-state index in [2.05, 4.69) is 0 Å². The van der Waals surface area contributed by atoms with Crippen molar-refractivity contribution in [2.24, 2.45) is 0 Å². The number of Topliss-reactive ketones (excluding diaryl/α,β-unsaturated/α-hetero) is 1. The molecule has 0 spiro atoms. The molecule has 23 heavy (non-hydrogen) atoms. The van der Waals surface area contributed by atoms with Gasteiger partial charge in [0.25, 0.3) is 0 Å². The highest BCUT2D eigenvalue weighted by atomic mass is 35.5. The van der Waals surface area contributed by atoms with Crippen LogP contribution in [0.3, 0.4) is 0 Å². The van der Waals surface area contributed by atoms with Crippen LogP contribution in [0.1, 0.15) is 34.5 Å². The Labute approximate surface area is 145 Å². The number of likely N-dealkylation sites (tertiary alicyclic amines) is 1. The lowest BCUT2D eigenvalue weighted by atomic mass is 10.1. The Balaban J connectivity index is 1.77. The minimum Gasteiger partial charge on any atom is -0.378 e. The molecule has 0 aliphatic carbocycles. The molecule has 1 fully saturated rings. The smallest absolute Gasteiger partial charge is 0.178 e. The van der Waals surface area contributed by atoms with Crippen molar-refractivity contribution in [2.45, 2.75) is 32.4 Å². The number of carbonyl (C=O) groups is 1. The molecule has 1 aromatic heterocycles. The topological polar surface area (TPSA) is 40.5 Å². The molecule has 0 saturated carbocycles. The van der Waals surface area contributed by atoms with Crippen LogP contribution in [0.25, 0.3) is 10.4 Å². The van der Waals surface area contributed by atoms with Crippen molar-refractivity contribution in [1.29, 1.82) is 0 Å². The van der Waals surface area contributed by atoms with E-state index in [1.165, 1.54) is 0 Å². The summed E-state index contributed by atoms with van der Waals surface area (Å²) in [5, 5.41) is 10.7. The number of hydrogen-bond donors (Lipinski definition) is 1. The normalized spacial score (nSPS) is 19.0. The molecule has 3 rings (SSSR count). The van der Waals surface area contributed by atoms with Gasteiger partial charge in [-0.3, -0.25) is 9.69 Å². The van der Waals surface area contributed by atoms with Gasteiger partial charge in [0.1, 0.15) is 6.23 Å². The molecule has 1 aliphatic heterocycles. The van der Waals surface area contributed by atoms with Gasteiger partial charge in [-0.1, -0.05) is 23.7 Å². The third kappa shape index (κ3) is 3.83. The van der Waals surface area contributed by atoms with Crippen LogP contribution in [0.4, 0.5) is 0 Å².